The molecule has 1 aliphatic rings. The van der Waals surface area contributed by atoms with E-state index in [1.165, 1.54) is 32.7 Å². The summed E-state index contributed by atoms with van der Waals surface area (Å²) in [4.78, 5) is 18.0. The summed E-state index contributed by atoms with van der Waals surface area (Å²) >= 11 is 1.43. The number of fused-ring (bicyclic) bond motifs is 1. The highest BCUT2D eigenvalue weighted by molar-refractivity contribution is 7.15. The lowest BCUT2D eigenvalue weighted by molar-refractivity contribution is 0.102. The number of carbonyl (C=O) groups is 1. The molecule has 2 aromatic rings. The highest BCUT2D eigenvalue weighted by Crippen LogP contribution is 2.38. The second kappa shape index (κ2) is 7.06. The molecule has 0 aliphatic carbocycles. The fourth-order valence-corrected chi connectivity index (χ4v) is 3.40. The molecule has 3 rings (SSSR count). The molecule has 1 aromatic heterocycles. The number of aromatic nitrogens is 1. The predicted molar refractivity (Wildman–Crippen MR) is 89.5 cm³/mol. The van der Waals surface area contributed by atoms with E-state index in [9.17, 15) is 4.79 Å². The van der Waals surface area contributed by atoms with E-state index < -0.39 is 0 Å². The minimum atomic E-state index is -0.290. The Morgan fingerprint density at radius 3 is 2.50 bits per heavy atom. The first-order chi connectivity index (χ1) is 11.7. The molecule has 1 aliphatic heterocycles. The SMILES string of the molecule is COc1cc(C(=O)Nc2nc3c(s2)COCC3)cc(OC)c1OC. The zero-order chi connectivity index (χ0) is 17.1. The van der Waals surface area contributed by atoms with Crippen molar-refractivity contribution in [2.45, 2.75) is 13.0 Å². The van der Waals surface area contributed by atoms with E-state index >= 15 is 0 Å². The molecule has 0 bridgehead atoms. The number of nitrogens with one attached hydrogen (secondary N) is 1. The fourth-order valence-electron chi connectivity index (χ4n) is 2.46. The lowest BCUT2D eigenvalue weighted by Gasteiger charge is -2.13. The van der Waals surface area contributed by atoms with E-state index in [0.717, 1.165) is 17.0 Å². The zero-order valence-corrected chi connectivity index (χ0v) is 14.5. The van der Waals surface area contributed by atoms with Crippen LogP contribution in [0.25, 0.3) is 0 Å². The summed E-state index contributed by atoms with van der Waals surface area (Å²) < 4.78 is 21.2. The minimum Gasteiger partial charge on any atom is -0.493 e. The Bertz CT molecular complexity index is 710. The van der Waals surface area contributed by atoms with Crippen LogP contribution in [0.15, 0.2) is 12.1 Å². The molecule has 128 valence electrons. The van der Waals surface area contributed by atoms with E-state index in [1.807, 2.05) is 0 Å². The van der Waals surface area contributed by atoms with Crippen molar-refractivity contribution in [3.05, 3.63) is 28.3 Å². The molecule has 0 spiro atoms. The lowest BCUT2D eigenvalue weighted by Crippen LogP contribution is -2.12. The number of rotatable bonds is 5. The largest absolute Gasteiger partial charge is 0.493 e. The number of hydrogen-bond donors (Lipinski definition) is 1. The lowest BCUT2D eigenvalue weighted by atomic mass is 10.1. The van der Waals surface area contributed by atoms with E-state index in [-0.39, 0.29) is 5.91 Å². The van der Waals surface area contributed by atoms with Gasteiger partial charge < -0.3 is 18.9 Å². The third-order valence-corrected chi connectivity index (χ3v) is 4.63. The van der Waals surface area contributed by atoms with Crippen molar-refractivity contribution in [2.24, 2.45) is 0 Å². The Hall–Kier alpha value is -2.32. The number of hydrogen-bond acceptors (Lipinski definition) is 7. The first-order valence-corrected chi connectivity index (χ1v) is 8.15. The van der Waals surface area contributed by atoms with Crippen LogP contribution in [0.2, 0.25) is 0 Å². The zero-order valence-electron chi connectivity index (χ0n) is 13.7. The van der Waals surface area contributed by atoms with Gasteiger partial charge in [0.15, 0.2) is 16.6 Å². The van der Waals surface area contributed by atoms with Gasteiger partial charge in [-0.1, -0.05) is 11.3 Å². The molecule has 7 nitrogen and oxygen atoms in total. The maximum absolute atomic E-state index is 12.5. The van der Waals surface area contributed by atoms with Crippen molar-refractivity contribution in [3.8, 4) is 17.2 Å². The second-order valence-corrected chi connectivity index (χ2v) is 6.14. The summed E-state index contributed by atoms with van der Waals surface area (Å²) in [6.07, 6.45) is 0.770. The van der Waals surface area contributed by atoms with Gasteiger partial charge in [-0.05, 0) is 12.1 Å². The molecule has 0 radical (unpaired) electrons. The number of thiazole rings is 1. The van der Waals surface area contributed by atoms with Gasteiger partial charge >= 0.3 is 0 Å². The van der Waals surface area contributed by atoms with Crippen LogP contribution in [0, 0.1) is 0 Å². The molecule has 0 saturated heterocycles. The summed E-state index contributed by atoms with van der Waals surface area (Å²) in [5.74, 6) is 1.00. The topological polar surface area (TPSA) is 78.9 Å². The van der Waals surface area contributed by atoms with Gasteiger partial charge in [-0.15, -0.1) is 0 Å². The van der Waals surface area contributed by atoms with Gasteiger partial charge in [0.25, 0.3) is 5.91 Å². The van der Waals surface area contributed by atoms with E-state index in [2.05, 4.69) is 10.3 Å². The van der Waals surface area contributed by atoms with Crippen molar-refractivity contribution in [2.75, 3.05) is 33.3 Å². The van der Waals surface area contributed by atoms with Crippen LogP contribution < -0.4 is 19.5 Å². The molecule has 0 fully saturated rings. The van der Waals surface area contributed by atoms with Crippen LogP contribution in [-0.2, 0) is 17.8 Å². The summed E-state index contributed by atoms with van der Waals surface area (Å²) in [5.41, 5.74) is 1.39. The Morgan fingerprint density at radius 1 is 1.21 bits per heavy atom. The van der Waals surface area contributed by atoms with E-state index in [0.29, 0.717) is 41.2 Å². The van der Waals surface area contributed by atoms with Crippen molar-refractivity contribution < 1.29 is 23.7 Å². The molecule has 1 N–H and O–H groups in total. The van der Waals surface area contributed by atoms with Crippen molar-refractivity contribution in [1.29, 1.82) is 0 Å². The summed E-state index contributed by atoms with van der Waals surface area (Å²) in [7, 11) is 4.53. The van der Waals surface area contributed by atoms with Crippen LogP contribution >= 0.6 is 11.3 Å². The molecule has 8 heteroatoms. The number of methoxy groups -OCH3 is 3. The molecular formula is C16H18N2O5S. The van der Waals surface area contributed by atoms with Gasteiger partial charge in [0.1, 0.15) is 0 Å². The molecule has 1 amide bonds. The van der Waals surface area contributed by atoms with Crippen LogP contribution in [0.3, 0.4) is 0 Å². The predicted octanol–water partition coefficient (Wildman–Crippen LogP) is 2.49. The number of ether oxygens (including phenoxy) is 4. The molecular weight excluding hydrogens is 332 g/mol. The number of anilines is 1. The highest BCUT2D eigenvalue weighted by atomic mass is 32.1. The normalized spacial score (nSPS) is 13.1. The molecule has 0 atom stereocenters. The van der Waals surface area contributed by atoms with Crippen molar-refractivity contribution in [1.82, 2.24) is 4.98 Å². The summed E-state index contributed by atoms with van der Waals surface area (Å²) in [6.45, 7) is 1.21. The number of nitrogens with zero attached hydrogens (tertiary/aromatic N) is 1. The summed E-state index contributed by atoms with van der Waals surface area (Å²) in [6, 6.07) is 3.21. The molecule has 1 aromatic carbocycles. The minimum absolute atomic E-state index is 0.290. The fraction of sp³-hybridized carbons (Fsp3) is 0.375. The Kier molecular flexibility index (Phi) is 4.86. The van der Waals surface area contributed by atoms with Crippen LogP contribution in [0.4, 0.5) is 5.13 Å². The van der Waals surface area contributed by atoms with Crippen LogP contribution in [-0.4, -0.2) is 38.8 Å². The maximum atomic E-state index is 12.5. The number of benzene rings is 1. The van der Waals surface area contributed by atoms with Gasteiger partial charge in [-0.3, -0.25) is 10.1 Å². The quantitative estimate of drug-likeness (QED) is 0.893. The Labute approximate surface area is 143 Å². The van der Waals surface area contributed by atoms with Crippen LogP contribution in [0.1, 0.15) is 20.9 Å². The smallest absolute Gasteiger partial charge is 0.257 e. The van der Waals surface area contributed by atoms with Crippen molar-refractivity contribution >= 4 is 22.4 Å². The van der Waals surface area contributed by atoms with Gasteiger partial charge in [0.2, 0.25) is 5.75 Å². The van der Waals surface area contributed by atoms with Crippen LogP contribution in [0.5, 0.6) is 17.2 Å². The number of carbonyl (C=O) groups excluding carboxylic acids is 1. The first-order valence-electron chi connectivity index (χ1n) is 7.34. The molecule has 0 unspecified atom stereocenters. The third kappa shape index (κ3) is 3.15. The molecule has 2 heterocycles. The average molecular weight is 350 g/mol. The first kappa shape index (κ1) is 16.5. The van der Waals surface area contributed by atoms with Gasteiger partial charge in [-0.2, -0.15) is 0 Å². The van der Waals surface area contributed by atoms with E-state index in [1.54, 1.807) is 12.1 Å². The standard InChI is InChI=1S/C16H18N2O5S/c1-20-11-6-9(7-12(21-2)14(11)22-3)15(19)18-16-17-10-4-5-23-8-13(10)24-16/h6-7H,4-5,8H2,1-3H3,(H,17,18,19). The molecule has 24 heavy (non-hydrogen) atoms. The van der Waals surface area contributed by atoms with E-state index in [4.69, 9.17) is 18.9 Å². The monoisotopic (exact) mass is 350 g/mol. The summed E-state index contributed by atoms with van der Waals surface area (Å²) in [5, 5.41) is 3.38. The third-order valence-electron chi connectivity index (χ3n) is 3.64. The molecule has 0 saturated carbocycles. The highest BCUT2D eigenvalue weighted by Gasteiger charge is 2.20. The second-order valence-electron chi connectivity index (χ2n) is 5.06. The van der Waals surface area contributed by atoms with Gasteiger partial charge in [-0.25, -0.2) is 4.98 Å². The maximum Gasteiger partial charge on any atom is 0.257 e. The average Bonchev–Trinajstić information content (AvgIpc) is 3.02. The van der Waals surface area contributed by atoms with Gasteiger partial charge in [0.05, 0.1) is 45.1 Å². The van der Waals surface area contributed by atoms with Gasteiger partial charge in [0, 0.05) is 12.0 Å². The number of amides is 1. The van der Waals surface area contributed by atoms with Crippen molar-refractivity contribution in [3.63, 3.8) is 0 Å². The Balaban J connectivity index is 1.85. The Morgan fingerprint density at radius 2 is 1.92 bits per heavy atom.